The molecule has 2 atom stereocenters. The standard InChI is InChI=1S/C33H65NO3/c1-3-5-7-9-10-11-12-13-14-15-16-17-18-19-20-21-22-23-25-27-29-33(37)34-31(30-35)32(36)28-26-24-8-6-4-2/h26,28,31-32,35-36H,3-25,27,29-30H2,1-2H3,(H,34,37)/b28-26+. The van der Waals surface area contributed by atoms with Crippen LogP contribution in [0.25, 0.3) is 0 Å². The number of carbonyl (C=O) groups excluding carboxylic acids is 1. The number of aliphatic hydroxyl groups excluding tert-OH is 2. The van der Waals surface area contributed by atoms with Gasteiger partial charge in [-0.15, -0.1) is 0 Å². The Bertz CT molecular complexity index is 494. The van der Waals surface area contributed by atoms with Gasteiger partial charge in [-0.3, -0.25) is 4.79 Å². The number of aliphatic hydroxyl groups is 2. The van der Waals surface area contributed by atoms with Gasteiger partial charge in [-0.05, 0) is 19.3 Å². The molecular weight excluding hydrogens is 458 g/mol. The first-order chi connectivity index (χ1) is 18.2. The van der Waals surface area contributed by atoms with E-state index in [0.717, 1.165) is 25.7 Å². The fourth-order valence-corrected chi connectivity index (χ4v) is 4.94. The molecule has 0 bridgehead atoms. The highest BCUT2D eigenvalue weighted by Crippen LogP contribution is 2.15. The molecule has 0 radical (unpaired) electrons. The van der Waals surface area contributed by atoms with Crippen LogP contribution in [0.5, 0.6) is 0 Å². The van der Waals surface area contributed by atoms with E-state index < -0.39 is 12.1 Å². The van der Waals surface area contributed by atoms with Gasteiger partial charge in [0.15, 0.2) is 0 Å². The Morgan fingerprint density at radius 1 is 0.622 bits per heavy atom. The second kappa shape index (κ2) is 29.7. The SMILES string of the molecule is CCCCC/C=C/C(O)C(CO)NC(=O)CCCCCCCCCCCCCCCCCCCCCC. The zero-order chi connectivity index (χ0) is 27.2. The van der Waals surface area contributed by atoms with E-state index in [0.29, 0.717) is 6.42 Å². The van der Waals surface area contributed by atoms with Gasteiger partial charge in [0.25, 0.3) is 0 Å². The smallest absolute Gasteiger partial charge is 0.220 e. The van der Waals surface area contributed by atoms with Crippen LogP contribution in [-0.2, 0) is 4.79 Å². The molecule has 0 spiro atoms. The van der Waals surface area contributed by atoms with E-state index in [1.54, 1.807) is 6.08 Å². The van der Waals surface area contributed by atoms with Gasteiger partial charge in [-0.2, -0.15) is 0 Å². The number of rotatable bonds is 29. The van der Waals surface area contributed by atoms with Crippen molar-refractivity contribution in [1.29, 1.82) is 0 Å². The maximum atomic E-state index is 12.2. The van der Waals surface area contributed by atoms with Crippen LogP contribution in [0, 0.1) is 0 Å². The highest BCUT2D eigenvalue weighted by Gasteiger charge is 2.17. The van der Waals surface area contributed by atoms with Crippen LogP contribution in [-0.4, -0.2) is 34.9 Å². The van der Waals surface area contributed by atoms with Gasteiger partial charge in [-0.25, -0.2) is 0 Å². The third kappa shape index (κ3) is 26.5. The van der Waals surface area contributed by atoms with E-state index in [-0.39, 0.29) is 12.5 Å². The Labute approximate surface area is 231 Å². The first kappa shape index (κ1) is 36.1. The first-order valence-electron chi connectivity index (χ1n) is 16.4. The molecule has 0 aromatic rings. The number of carbonyl (C=O) groups is 1. The highest BCUT2D eigenvalue weighted by atomic mass is 16.3. The molecule has 0 aromatic carbocycles. The Balaban J connectivity index is 3.44. The van der Waals surface area contributed by atoms with Crippen LogP contribution < -0.4 is 5.32 Å². The van der Waals surface area contributed by atoms with Crippen LogP contribution in [0.2, 0.25) is 0 Å². The normalized spacial score (nSPS) is 13.3. The predicted octanol–water partition coefficient (Wildman–Crippen LogP) is 9.17. The van der Waals surface area contributed by atoms with Gasteiger partial charge in [-0.1, -0.05) is 161 Å². The van der Waals surface area contributed by atoms with E-state index in [4.69, 9.17) is 0 Å². The number of amides is 1. The molecule has 0 fully saturated rings. The molecule has 2 unspecified atom stereocenters. The summed E-state index contributed by atoms with van der Waals surface area (Å²) in [6.07, 6.45) is 34.6. The molecule has 1 amide bonds. The number of allylic oxidation sites excluding steroid dienone is 1. The van der Waals surface area contributed by atoms with Crippen molar-refractivity contribution >= 4 is 5.91 Å². The maximum absolute atomic E-state index is 12.2. The van der Waals surface area contributed by atoms with E-state index in [2.05, 4.69) is 19.2 Å². The minimum absolute atomic E-state index is 0.0695. The van der Waals surface area contributed by atoms with E-state index in [1.165, 1.54) is 128 Å². The summed E-state index contributed by atoms with van der Waals surface area (Å²) >= 11 is 0. The summed E-state index contributed by atoms with van der Waals surface area (Å²) in [5.74, 6) is -0.0695. The van der Waals surface area contributed by atoms with Crippen molar-refractivity contribution in [2.24, 2.45) is 0 Å². The van der Waals surface area contributed by atoms with Crippen molar-refractivity contribution < 1.29 is 15.0 Å². The van der Waals surface area contributed by atoms with Crippen molar-refractivity contribution in [2.75, 3.05) is 6.61 Å². The average molecular weight is 524 g/mol. The molecule has 0 aromatic heterocycles. The minimum atomic E-state index is -0.828. The lowest BCUT2D eigenvalue weighted by Crippen LogP contribution is -2.45. The number of hydrogen-bond acceptors (Lipinski definition) is 3. The molecule has 0 aliphatic rings. The summed E-state index contributed by atoms with van der Waals surface area (Å²) in [6.45, 7) is 4.20. The molecule has 4 nitrogen and oxygen atoms in total. The second-order valence-corrected chi connectivity index (χ2v) is 11.2. The van der Waals surface area contributed by atoms with Crippen molar-refractivity contribution in [2.45, 2.75) is 187 Å². The summed E-state index contributed by atoms with van der Waals surface area (Å²) in [6, 6.07) is -0.611. The molecular formula is C33H65NO3. The molecule has 0 saturated carbocycles. The molecule has 0 saturated heterocycles. The predicted molar refractivity (Wildman–Crippen MR) is 161 cm³/mol. The van der Waals surface area contributed by atoms with Crippen molar-refractivity contribution in [3.8, 4) is 0 Å². The summed E-state index contributed by atoms with van der Waals surface area (Å²) in [7, 11) is 0. The lowest BCUT2D eigenvalue weighted by Gasteiger charge is -2.20. The lowest BCUT2D eigenvalue weighted by atomic mass is 10.0. The Hall–Kier alpha value is -0.870. The summed E-state index contributed by atoms with van der Waals surface area (Å²) in [5, 5.41) is 22.5. The van der Waals surface area contributed by atoms with Gasteiger partial charge in [0.2, 0.25) is 5.91 Å². The molecule has 220 valence electrons. The molecule has 0 rings (SSSR count). The van der Waals surface area contributed by atoms with Crippen molar-refractivity contribution in [1.82, 2.24) is 5.32 Å². The van der Waals surface area contributed by atoms with Crippen LogP contribution in [0.3, 0.4) is 0 Å². The maximum Gasteiger partial charge on any atom is 0.220 e. The average Bonchev–Trinajstić information content (AvgIpc) is 2.90. The number of unbranched alkanes of at least 4 members (excludes halogenated alkanes) is 22. The van der Waals surface area contributed by atoms with Gasteiger partial charge >= 0.3 is 0 Å². The Kier molecular flexibility index (Phi) is 29.0. The Morgan fingerprint density at radius 3 is 1.41 bits per heavy atom. The molecule has 0 aliphatic heterocycles. The van der Waals surface area contributed by atoms with E-state index >= 15 is 0 Å². The third-order valence-corrected chi connectivity index (χ3v) is 7.52. The molecule has 37 heavy (non-hydrogen) atoms. The van der Waals surface area contributed by atoms with E-state index in [1.807, 2.05) is 6.08 Å². The zero-order valence-electron chi connectivity index (χ0n) is 25.0. The summed E-state index contributed by atoms with van der Waals surface area (Å²) in [4.78, 5) is 12.2. The van der Waals surface area contributed by atoms with Crippen LogP contribution >= 0.6 is 0 Å². The second-order valence-electron chi connectivity index (χ2n) is 11.2. The highest BCUT2D eigenvalue weighted by molar-refractivity contribution is 5.76. The van der Waals surface area contributed by atoms with Gasteiger partial charge in [0.05, 0.1) is 18.8 Å². The minimum Gasteiger partial charge on any atom is -0.394 e. The molecule has 0 heterocycles. The van der Waals surface area contributed by atoms with Gasteiger partial charge in [0, 0.05) is 6.42 Å². The fourth-order valence-electron chi connectivity index (χ4n) is 4.94. The van der Waals surface area contributed by atoms with Gasteiger partial charge in [0.1, 0.15) is 0 Å². The monoisotopic (exact) mass is 523 g/mol. The lowest BCUT2D eigenvalue weighted by molar-refractivity contribution is -0.123. The summed E-state index contributed by atoms with van der Waals surface area (Å²) in [5.41, 5.74) is 0. The topological polar surface area (TPSA) is 69.6 Å². The quantitative estimate of drug-likeness (QED) is 0.0676. The zero-order valence-corrected chi connectivity index (χ0v) is 25.0. The van der Waals surface area contributed by atoms with Crippen molar-refractivity contribution in [3.05, 3.63) is 12.2 Å². The van der Waals surface area contributed by atoms with Crippen LogP contribution in [0.4, 0.5) is 0 Å². The largest absolute Gasteiger partial charge is 0.394 e. The third-order valence-electron chi connectivity index (χ3n) is 7.52. The van der Waals surface area contributed by atoms with Crippen molar-refractivity contribution in [3.63, 3.8) is 0 Å². The van der Waals surface area contributed by atoms with Crippen LogP contribution in [0.15, 0.2) is 12.2 Å². The number of nitrogens with one attached hydrogen (secondary N) is 1. The van der Waals surface area contributed by atoms with Gasteiger partial charge < -0.3 is 15.5 Å². The number of hydrogen-bond donors (Lipinski definition) is 3. The van der Waals surface area contributed by atoms with Crippen LogP contribution in [0.1, 0.15) is 174 Å². The molecule has 4 heteroatoms. The molecule has 3 N–H and O–H groups in total. The van der Waals surface area contributed by atoms with E-state index in [9.17, 15) is 15.0 Å². The summed E-state index contributed by atoms with van der Waals surface area (Å²) < 4.78 is 0. The Morgan fingerprint density at radius 2 is 1.00 bits per heavy atom. The molecule has 0 aliphatic carbocycles. The fraction of sp³-hybridized carbons (Fsp3) is 0.909. The first-order valence-corrected chi connectivity index (χ1v) is 16.4.